The van der Waals surface area contributed by atoms with Crippen LogP contribution in [0.25, 0.3) is 0 Å². The summed E-state index contributed by atoms with van der Waals surface area (Å²) in [4.78, 5) is 0. The van der Waals surface area contributed by atoms with Gasteiger partial charge < -0.3 is 15.6 Å². The van der Waals surface area contributed by atoms with Crippen LogP contribution in [0.3, 0.4) is 0 Å². The Bertz CT molecular complexity index is 282. The second-order valence-electron chi connectivity index (χ2n) is 3.89. The van der Waals surface area contributed by atoms with Crippen LogP contribution in [-0.2, 0) is 11.3 Å². The van der Waals surface area contributed by atoms with Gasteiger partial charge in [-0.1, -0.05) is 24.3 Å². The van der Waals surface area contributed by atoms with Gasteiger partial charge in [0.15, 0.2) is 0 Å². The van der Waals surface area contributed by atoms with Crippen molar-refractivity contribution in [1.82, 2.24) is 0 Å². The van der Waals surface area contributed by atoms with Crippen LogP contribution < -0.4 is 5.73 Å². The van der Waals surface area contributed by atoms with Gasteiger partial charge in [-0.2, -0.15) is 0 Å². The molecule has 0 heterocycles. The molecule has 0 aliphatic carbocycles. The minimum absolute atomic E-state index is 0.0260. The molecule has 0 saturated heterocycles. The Labute approximate surface area is 90.9 Å². The Morgan fingerprint density at radius 2 is 1.87 bits per heavy atom. The fourth-order valence-electron chi connectivity index (χ4n) is 1.23. The Kier molecular flexibility index (Phi) is 4.75. The van der Waals surface area contributed by atoms with Crippen LogP contribution in [0.1, 0.15) is 31.0 Å². The first-order valence-corrected chi connectivity index (χ1v) is 5.20. The second kappa shape index (κ2) is 5.85. The monoisotopic (exact) mass is 209 g/mol. The molecular formula is C12H19NO2. The zero-order valence-corrected chi connectivity index (χ0v) is 9.31. The fourth-order valence-corrected chi connectivity index (χ4v) is 1.23. The van der Waals surface area contributed by atoms with E-state index in [0.717, 1.165) is 11.1 Å². The summed E-state index contributed by atoms with van der Waals surface area (Å²) in [5, 5.41) is 8.88. The number of benzene rings is 1. The molecule has 0 radical (unpaired) electrons. The Morgan fingerprint density at radius 1 is 1.27 bits per heavy atom. The summed E-state index contributed by atoms with van der Waals surface area (Å²) in [6, 6.07) is 7.53. The van der Waals surface area contributed by atoms with E-state index in [2.05, 4.69) is 0 Å². The van der Waals surface area contributed by atoms with Crippen LogP contribution in [-0.4, -0.2) is 17.8 Å². The van der Waals surface area contributed by atoms with Crippen LogP contribution in [0, 0.1) is 0 Å². The predicted octanol–water partition coefficient (Wildman–Crippen LogP) is 1.60. The molecule has 84 valence electrons. The van der Waals surface area contributed by atoms with Gasteiger partial charge in [0.05, 0.1) is 25.4 Å². The van der Waals surface area contributed by atoms with Crippen molar-refractivity contribution in [3.8, 4) is 0 Å². The molecule has 1 atom stereocenters. The lowest BCUT2D eigenvalue weighted by Crippen LogP contribution is -2.14. The average Bonchev–Trinajstić information content (AvgIpc) is 2.26. The molecule has 0 aliphatic heterocycles. The van der Waals surface area contributed by atoms with Crippen molar-refractivity contribution in [2.75, 3.05) is 6.61 Å². The molecule has 0 saturated carbocycles. The van der Waals surface area contributed by atoms with E-state index >= 15 is 0 Å². The van der Waals surface area contributed by atoms with E-state index in [1.54, 1.807) is 0 Å². The average molecular weight is 209 g/mol. The molecule has 3 heteroatoms. The predicted molar refractivity (Wildman–Crippen MR) is 60.4 cm³/mol. The van der Waals surface area contributed by atoms with Crippen molar-refractivity contribution in [2.45, 2.75) is 32.6 Å². The smallest absolute Gasteiger partial charge is 0.0720 e. The zero-order valence-electron chi connectivity index (χ0n) is 9.31. The normalized spacial score (nSPS) is 13.1. The van der Waals surface area contributed by atoms with E-state index in [-0.39, 0.29) is 18.8 Å². The molecule has 1 aromatic carbocycles. The highest BCUT2D eigenvalue weighted by atomic mass is 16.5. The number of hydrogen-bond donors (Lipinski definition) is 2. The summed E-state index contributed by atoms with van der Waals surface area (Å²) in [6.45, 7) is 4.61. The van der Waals surface area contributed by atoms with E-state index < -0.39 is 0 Å². The molecule has 0 aliphatic rings. The third-order valence-corrected chi connectivity index (χ3v) is 2.19. The number of ether oxygens (including phenoxy) is 1. The topological polar surface area (TPSA) is 55.5 Å². The number of aliphatic hydroxyl groups excluding tert-OH is 1. The number of nitrogens with two attached hydrogens (primary N) is 1. The zero-order chi connectivity index (χ0) is 11.3. The molecule has 1 rings (SSSR count). The Balaban J connectivity index is 2.56. The van der Waals surface area contributed by atoms with Crippen molar-refractivity contribution < 1.29 is 9.84 Å². The van der Waals surface area contributed by atoms with Gasteiger partial charge in [-0.15, -0.1) is 0 Å². The number of rotatable bonds is 5. The summed E-state index contributed by atoms with van der Waals surface area (Å²) in [6.07, 6.45) is 0.240. The lowest BCUT2D eigenvalue weighted by molar-refractivity contribution is 0.0657. The SMILES string of the molecule is CC(C)OCc1ccc(C(N)CO)cc1. The largest absolute Gasteiger partial charge is 0.394 e. The molecule has 15 heavy (non-hydrogen) atoms. The van der Waals surface area contributed by atoms with E-state index in [1.165, 1.54) is 0 Å². The van der Waals surface area contributed by atoms with Gasteiger partial charge in [-0.05, 0) is 25.0 Å². The van der Waals surface area contributed by atoms with Crippen molar-refractivity contribution in [1.29, 1.82) is 0 Å². The van der Waals surface area contributed by atoms with Crippen molar-refractivity contribution >= 4 is 0 Å². The minimum Gasteiger partial charge on any atom is -0.394 e. The van der Waals surface area contributed by atoms with Gasteiger partial charge in [-0.25, -0.2) is 0 Å². The van der Waals surface area contributed by atoms with E-state index in [0.29, 0.717) is 6.61 Å². The maximum Gasteiger partial charge on any atom is 0.0720 e. The highest BCUT2D eigenvalue weighted by Gasteiger charge is 2.03. The van der Waals surface area contributed by atoms with Crippen LogP contribution in [0.15, 0.2) is 24.3 Å². The first-order valence-electron chi connectivity index (χ1n) is 5.20. The first-order chi connectivity index (χ1) is 7.13. The number of hydrogen-bond acceptors (Lipinski definition) is 3. The molecule has 0 aromatic heterocycles. The summed E-state index contributed by atoms with van der Waals surface area (Å²) < 4.78 is 5.47. The van der Waals surface area contributed by atoms with Crippen molar-refractivity contribution in [3.63, 3.8) is 0 Å². The lowest BCUT2D eigenvalue weighted by atomic mass is 10.1. The van der Waals surface area contributed by atoms with Gasteiger partial charge in [0.25, 0.3) is 0 Å². The Morgan fingerprint density at radius 3 is 2.33 bits per heavy atom. The van der Waals surface area contributed by atoms with Crippen molar-refractivity contribution in [3.05, 3.63) is 35.4 Å². The molecule has 3 N–H and O–H groups in total. The van der Waals surface area contributed by atoms with Gasteiger partial charge in [0.1, 0.15) is 0 Å². The summed E-state index contributed by atoms with van der Waals surface area (Å²) in [5.74, 6) is 0. The summed E-state index contributed by atoms with van der Waals surface area (Å²) in [7, 11) is 0. The van der Waals surface area contributed by atoms with Crippen molar-refractivity contribution in [2.24, 2.45) is 5.73 Å². The molecule has 1 aromatic rings. The minimum atomic E-state index is -0.287. The van der Waals surface area contributed by atoms with E-state index in [9.17, 15) is 0 Å². The quantitative estimate of drug-likeness (QED) is 0.774. The van der Waals surface area contributed by atoms with Crippen LogP contribution >= 0.6 is 0 Å². The lowest BCUT2D eigenvalue weighted by Gasteiger charge is -2.10. The maximum atomic E-state index is 8.88. The third kappa shape index (κ3) is 4.00. The summed E-state index contributed by atoms with van der Waals surface area (Å²) in [5.41, 5.74) is 7.76. The molecule has 0 spiro atoms. The van der Waals surface area contributed by atoms with Crippen LogP contribution in [0.2, 0.25) is 0 Å². The molecule has 0 fully saturated rings. The number of aliphatic hydroxyl groups is 1. The van der Waals surface area contributed by atoms with Gasteiger partial charge in [0.2, 0.25) is 0 Å². The second-order valence-corrected chi connectivity index (χ2v) is 3.89. The van der Waals surface area contributed by atoms with Crippen LogP contribution in [0.4, 0.5) is 0 Å². The van der Waals surface area contributed by atoms with Crippen LogP contribution in [0.5, 0.6) is 0 Å². The maximum absolute atomic E-state index is 8.88. The molecule has 0 amide bonds. The Hall–Kier alpha value is -0.900. The summed E-state index contributed by atoms with van der Waals surface area (Å²) >= 11 is 0. The first kappa shape index (κ1) is 12.2. The molecule has 0 bridgehead atoms. The van der Waals surface area contributed by atoms with Gasteiger partial charge >= 0.3 is 0 Å². The molecule has 1 unspecified atom stereocenters. The highest BCUT2D eigenvalue weighted by Crippen LogP contribution is 2.12. The van der Waals surface area contributed by atoms with E-state index in [4.69, 9.17) is 15.6 Å². The highest BCUT2D eigenvalue weighted by molar-refractivity contribution is 5.24. The fraction of sp³-hybridized carbons (Fsp3) is 0.500. The van der Waals surface area contributed by atoms with E-state index in [1.807, 2.05) is 38.1 Å². The molecular weight excluding hydrogens is 190 g/mol. The van der Waals surface area contributed by atoms with Gasteiger partial charge in [-0.3, -0.25) is 0 Å². The van der Waals surface area contributed by atoms with Gasteiger partial charge in [0, 0.05) is 0 Å². The molecule has 3 nitrogen and oxygen atoms in total. The third-order valence-electron chi connectivity index (χ3n) is 2.19. The standard InChI is InChI=1S/C12H19NO2/c1-9(2)15-8-10-3-5-11(6-4-10)12(13)7-14/h3-6,9,12,14H,7-8,13H2,1-2H3.